The molecule has 5 nitrogen and oxygen atoms in total. The molecule has 1 aromatic carbocycles. The first kappa shape index (κ1) is 12.2. The van der Waals surface area contributed by atoms with Crippen LogP contribution >= 0.6 is 0 Å². The second kappa shape index (κ2) is 5.27. The van der Waals surface area contributed by atoms with E-state index in [1.165, 1.54) is 6.21 Å². The zero-order valence-electron chi connectivity index (χ0n) is 9.32. The number of aliphatic hydroxyl groups excluding tert-OH is 1. The third kappa shape index (κ3) is 3.06. The Hall–Kier alpha value is -1.88. The number of benzene rings is 1. The van der Waals surface area contributed by atoms with Gasteiger partial charge in [-0.3, -0.25) is 0 Å². The molecule has 2 amide bonds. The third-order valence-corrected chi connectivity index (χ3v) is 2.27. The van der Waals surface area contributed by atoms with Crippen molar-refractivity contribution in [1.82, 2.24) is 5.43 Å². The number of nitrogens with zero attached hydrogens (tertiary/aromatic N) is 1. The first-order valence-corrected chi connectivity index (χ1v) is 4.84. The first-order chi connectivity index (χ1) is 7.54. The molecule has 1 rings (SSSR count). The quantitative estimate of drug-likeness (QED) is 0.520. The number of hydrazone groups is 1. The lowest BCUT2D eigenvalue weighted by molar-refractivity contribution is 0.249. The van der Waals surface area contributed by atoms with Gasteiger partial charge >= 0.3 is 6.03 Å². The highest BCUT2D eigenvalue weighted by molar-refractivity contribution is 5.83. The molecule has 0 atom stereocenters. The van der Waals surface area contributed by atoms with Gasteiger partial charge in [-0.25, -0.2) is 10.2 Å². The zero-order chi connectivity index (χ0) is 12.1. The molecule has 0 unspecified atom stereocenters. The number of carbonyl (C=O) groups is 1. The van der Waals surface area contributed by atoms with Crippen molar-refractivity contribution in [3.05, 3.63) is 34.4 Å². The number of nitrogens with two attached hydrogens (primary N) is 1. The van der Waals surface area contributed by atoms with Crippen LogP contribution in [0.4, 0.5) is 4.79 Å². The van der Waals surface area contributed by atoms with Crippen LogP contribution in [0.5, 0.6) is 0 Å². The van der Waals surface area contributed by atoms with E-state index in [0.29, 0.717) is 0 Å². The lowest BCUT2D eigenvalue weighted by Crippen LogP contribution is -2.24. The normalized spacial score (nSPS) is 10.7. The number of hydrogen-bond donors (Lipinski definition) is 3. The third-order valence-electron chi connectivity index (χ3n) is 2.27. The van der Waals surface area contributed by atoms with Crippen LogP contribution in [0.25, 0.3) is 0 Å². The number of primary amides is 1. The second-order valence-corrected chi connectivity index (χ2v) is 3.53. The first-order valence-electron chi connectivity index (χ1n) is 4.84. The average Bonchev–Trinajstić information content (AvgIpc) is 2.20. The Labute approximate surface area is 94.0 Å². The number of aliphatic hydroxyl groups is 1. The van der Waals surface area contributed by atoms with Crippen LogP contribution in [-0.4, -0.2) is 17.4 Å². The summed E-state index contributed by atoms with van der Waals surface area (Å²) in [5, 5.41) is 12.8. The molecule has 0 radical (unpaired) electrons. The van der Waals surface area contributed by atoms with E-state index in [1.807, 2.05) is 26.0 Å². The van der Waals surface area contributed by atoms with Gasteiger partial charge in [0.2, 0.25) is 0 Å². The number of carbonyl (C=O) groups excluding carboxylic acids is 1. The van der Waals surface area contributed by atoms with Gasteiger partial charge in [-0.1, -0.05) is 6.07 Å². The fraction of sp³-hybridized carbons (Fsp3) is 0.273. The van der Waals surface area contributed by atoms with Crippen molar-refractivity contribution >= 4 is 12.2 Å². The zero-order valence-corrected chi connectivity index (χ0v) is 9.32. The summed E-state index contributed by atoms with van der Waals surface area (Å²) < 4.78 is 0. The molecule has 0 aliphatic rings. The molecule has 86 valence electrons. The molecule has 0 saturated carbocycles. The monoisotopic (exact) mass is 221 g/mol. The van der Waals surface area contributed by atoms with E-state index in [1.54, 1.807) is 0 Å². The summed E-state index contributed by atoms with van der Waals surface area (Å²) in [6.45, 7) is 3.84. The predicted molar refractivity (Wildman–Crippen MR) is 62.2 cm³/mol. The minimum Gasteiger partial charge on any atom is -0.392 e. The summed E-state index contributed by atoms with van der Waals surface area (Å²) >= 11 is 0. The number of hydrogen-bond acceptors (Lipinski definition) is 3. The molecule has 0 spiro atoms. The van der Waals surface area contributed by atoms with Gasteiger partial charge in [0.25, 0.3) is 0 Å². The van der Waals surface area contributed by atoms with E-state index in [4.69, 9.17) is 10.8 Å². The van der Waals surface area contributed by atoms with Crippen LogP contribution < -0.4 is 11.2 Å². The van der Waals surface area contributed by atoms with Crippen molar-refractivity contribution in [3.8, 4) is 0 Å². The second-order valence-electron chi connectivity index (χ2n) is 3.53. The maximum atomic E-state index is 10.4. The Morgan fingerprint density at radius 3 is 2.75 bits per heavy atom. The van der Waals surface area contributed by atoms with Crippen LogP contribution in [0.15, 0.2) is 17.2 Å². The van der Waals surface area contributed by atoms with Crippen LogP contribution in [0.1, 0.15) is 22.3 Å². The number of aryl methyl sites for hydroxylation is 2. The van der Waals surface area contributed by atoms with Crippen molar-refractivity contribution in [2.24, 2.45) is 10.8 Å². The summed E-state index contributed by atoms with van der Waals surface area (Å²) in [7, 11) is 0. The molecule has 0 heterocycles. The lowest BCUT2D eigenvalue weighted by atomic mass is 10.0. The van der Waals surface area contributed by atoms with Gasteiger partial charge in [0, 0.05) is 0 Å². The van der Waals surface area contributed by atoms with Crippen LogP contribution in [0.2, 0.25) is 0 Å². The summed E-state index contributed by atoms with van der Waals surface area (Å²) in [5.41, 5.74) is 10.7. The number of rotatable bonds is 3. The molecular formula is C11H15N3O2. The molecule has 0 aliphatic heterocycles. The SMILES string of the molecule is Cc1cc(C)c(CO)cc1/C=N\NC(N)=O. The van der Waals surface area contributed by atoms with Gasteiger partial charge in [-0.15, -0.1) is 0 Å². The minimum absolute atomic E-state index is 0.0177. The van der Waals surface area contributed by atoms with Gasteiger partial charge in [-0.05, 0) is 42.2 Å². The van der Waals surface area contributed by atoms with Gasteiger partial charge in [-0.2, -0.15) is 5.10 Å². The fourth-order valence-electron chi connectivity index (χ4n) is 1.39. The largest absolute Gasteiger partial charge is 0.392 e. The molecule has 0 saturated heterocycles. The minimum atomic E-state index is -0.705. The molecule has 0 bridgehead atoms. The lowest BCUT2D eigenvalue weighted by Gasteiger charge is -2.07. The van der Waals surface area contributed by atoms with Gasteiger partial charge in [0.1, 0.15) is 0 Å². The molecule has 0 aromatic heterocycles. The average molecular weight is 221 g/mol. The number of nitrogens with one attached hydrogen (secondary N) is 1. The molecule has 5 heteroatoms. The van der Waals surface area contributed by atoms with E-state index in [9.17, 15) is 4.79 Å². The molecule has 0 aliphatic carbocycles. The summed E-state index contributed by atoms with van der Waals surface area (Å²) in [5.74, 6) is 0. The topological polar surface area (TPSA) is 87.7 Å². The maximum absolute atomic E-state index is 10.4. The Bertz CT molecular complexity index is 427. The Morgan fingerprint density at radius 2 is 2.19 bits per heavy atom. The van der Waals surface area contributed by atoms with E-state index in [0.717, 1.165) is 22.3 Å². The number of amides is 2. The summed E-state index contributed by atoms with van der Waals surface area (Å²) in [4.78, 5) is 10.4. The molecular weight excluding hydrogens is 206 g/mol. The van der Waals surface area contributed by atoms with Crippen molar-refractivity contribution < 1.29 is 9.90 Å². The Balaban J connectivity index is 2.95. The van der Waals surface area contributed by atoms with E-state index in [-0.39, 0.29) is 6.61 Å². The Morgan fingerprint density at radius 1 is 1.50 bits per heavy atom. The van der Waals surface area contributed by atoms with Crippen molar-refractivity contribution in [3.63, 3.8) is 0 Å². The van der Waals surface area contributed by atoms with Crippen LogP contribution in [-0.2, 0) is 6.61 Å². The van der Waals surface area contributed by atoms with E-state index >= 15 is 0 Å². The summed E-state index contributed by atoms with van der Waals surface area (Å²) in [6, 6.07) is 3.08. The van der Waals surface area contributed by atoms with Crippen molar-refractivity contribution in [1.29, 1.82) is 0 Å². The van der Waals surface area contributed by atoms with Crippen LogP contribution in [0, 0.1) is 13.8 Å². The van der Waals surface area contributed by atoms with Gasteiger partial charge in [0.15, 0.2) is 0 Å². The molecule has 0 fully saturated rings. The highest BCUT2D eigenvalue weighted by atomic mass is 16.3. The van der Waals surface area contributed by atoms with Gasteiger partial charge < -0.3 is 10.8 Å². The number of urea groups is 1. The highest BCUT2D eigenvalue weighted by Gasteiger charge is 2.02. The smallest absolute Gasteiger partial charge is 0.332 e. The highest BCUT2D eigenvalue weighted by Crippen LogP contribution is 2.14. The molecule has 1 aromatic rings. The maximum Gasteiger partial charge on any atom is 0.332 e. The van der Waals surface area contributed by atoms with E-state index < -0.39 is 6.03 Å². The van der Waals surface area contributed by atoms with Crippen molar-refractivity contribution in [2.75, 3.05) is 0 Å². The van der Waals surface area contributed by atoms with Crippen molar-refractivity contribution in [2.45, 2.75) is 20.5 Å². The molecule has 16 heavy (non-hydrogen) atoms. The van der Waals surface area contributed by atoms with Gasteiger partial charge in [0.05, 0.1) is 12.8 Å². The fourth-order valence-corrected chi connectivity index (χ4v) is 1.39. The van der Waals surface area contributed by atoms with E-state index in [2.05, 4.69) is 10.5 Å². The Kier molecular flexibility index (Phi) is 4.02. The van der Waals surface area contributed by atoms with Crippen LogP contribution in [0.3, 0.4) is 0 Å². The predicted octanol–water partition coefficient (Wildman–Crippen LogP) is 0.798. The standard InChI is InChI=1S/C11H15N3O2/c1-7-3-8(2)10(6-15)4-9(7)5-13-14-11(12)16/h3-5,15H,6H2,1-2H3,(H3,12,14,16)/b13-5-. The molecule has 4 N–H and O–H groups in total. The summed E-state index contributed by atoms with van der Waals surface area (Å²) in [6.07, 6.45) is 1.50.